The molecule has 23 heavy (non-hydrogen) atoms. The molecule has 0 spiro atoms. The van der Waals surface area contributed by atoms with Crippen molar-refractivity contribution in [2.24, 2.45) is 0 Å². The summed E-state index contributed by atoms with van der Waals surface area (Å²) in [6.45, 7) is 3.16. The lowest BCUT2D eigenvalue weighted by Crippen LogP contribution is -2.44. The SMILES string of the molecule is CCC(=O)N[C@H]1C[C@H]2C(=O)N(CCCOC)S(=O)(=O)CCN2C1. The largest absolute Gasteiger partial charge is 0.385 e. The first-order valence-corrected chi connectivity index (χ1v) is 9.56. The van der Waals surface area contributed by atoms with Crippen LogP contribution >= 0.6 is 0 Å². The van der Waals surface area contributed by atoms with Crippen molar-refractivity contribution < 1.29 is 22.7 Å². The molecule has 0 unspecified atom stereocenters. The summed E-state index contributed by atoms with van der Waals surface area (Å²) in [6, 6.07) is -0.574. The fraction of sp³-hybridized carbons (Fsp3) is 0.857. The number of carbonyl (C=O) groups is 2. The Kier molecular flexibility index (Phi) is 5.99. The lowest BCUT2D eigenvalue weighted by atomic mass is 10.1. The second-order valence-corrected chi connectivity index (χ2v) is 7.95. The summed E-state index contributed by atoms with van der Waals surface area (Å²) in [5.74, 6) is -0.507. The number of sulfonamides is 1. The summed E-state index contributed by atoms with van der Waals surface area (Å²) in [5.41, 5.74) is 0. The number of hydrogen-bond donors (Lipinski definition) is 1. The topological polar surface area (TPSA) is 96.0 Å². The van der Waals surface area contributed by atoms with Crippen LogP contribution < -0.4 is 5.32 Å². The predicted octanol–water partition coefficient (Wildman–Crippen LogP) is -0.836. The molecule has 2 rings (SSSR count). The molecule has 0 aromatic carbocycles. The number of rotatable bonds is 6. The molecule has 2 saturated heterocycles. The molecule has 2 amide bonds. The highest BCUT2D eigenvalue weighted by Gasteiger charge is 2.44. The van der Waals surface area contributed by atoms with E-state index in [1.54, 1.807) is 14.0 Å². The summed E-state index contributed by atoms with van der Waals surface area (Å²) in [5, 5.41) is 2.89. The maximum absolute atomic E-state index is 12.7. The minimum atomic E-state index is -3.58. The third-order valence-corrected chi connectivity index (χ3v) is 6.04. The lowest BCUT2D eigenvalue weighted by molar-refractivity contribution is -0.130. The Balaban J connectivity index is 2.09. The number of hydrogen-bond acceptors (Lipinski definition) is 6. The van der Waals surface area contributed by atoms with E-state index in [1.807, 2.05) is 4.90 Å². The van der Waals surface area contributed by atoms with Crippen molar-refractivity contribution >= 4 is 21.8 Å². The molecular formula is C14H25N3O5S. The third kappa shape index (κ3) is 4.21. The van der Waals surface area contributed by atoms with Crippen LogP contribution in [-0.2, 0) is 24.3 Å². The van der Waals surface area contributed by atoms with E-state index in [2.05, 4.69) is 5.32 Å². The van der Waals surface area contributed by atoms with Gasteiger partial charge in [0.25, 0.3) is 5.91 Å². The van der Waals surface area contributed by atoms with Gasteiger partial charge in [-0.15, -0.1) is 0 Å². The van der Waals surface area contributed by atoms with Gasteiger partial charge in [-0.25, -0.2) is 12.7 Å². The third-order valence-electron chi connectivity index (χ3n) is 4.30. The number of carbonyl (C=O) groups excluding carboxylic acids is 2. The molecule has 2 fully saturated rings. The Morgan fingerprint density at radius 3 is 2.83 bits per heavy atom. The molecule has 8 nitrogen and oxygen atoms in total. The zero-order valence-electron chi connectivity index (χ0n) is 13.7. The zero-order valence-corrected chi connectivity index (χ0v) is 14.5. The van der Waals surface area contributed by atoms with Crippen LogP contribution in [0.1, 0.15) is 26.2 Å². The van der Waals surface area contributed by atoms with Crippen LogP contribution in [0.5, 0.6) is 0 Å². The van der Waals surface area contributed by atoms with Crippen molar-refractivity contribution in [3.8, 4) is 0 Å². The Labute approximate surface area is 137 Å². The van der Waals surface area contributed by atoms with Crippen molar-refractivity contribution in [2.45, 2.75) is 38.3 Å². The monoisotopic (exact) mass is 347 g/mol. The minimum Gasteiger partial charge on any atom is -0.385 e. The van der Waals surface area contributed by atoms with E-state index in [0.717, 1.165) is 4.31 Å². The highest BCUT2D eigenvalue weighted by atomic mass is 32.2. The average molecular weight is 347 g/mol. The minimum absolute atomic E-state index is 0.0512. The first kappa shape index (κ1) is 18.2. The van der Waals surface area contributed by atoms with E-state index in [4.69, 9.17) is 4.74 Å². The van der Waals surface area contributed by atoms with Crippen LogP contribution in [0.15, 0.2) is 0 Å². The second-order valence-electron chi connectivity index (χ2n) is 5.94. The molecule has 1 N–H and O–H groups in total. The first-order chi connectivity index (χ1) is 10.9. The molecule has 2 aliphatic heterocycles. The maximum atomic E-state index is 12.7. The van der Waals surface area contributed by atoms with Crippen molar-refractivity contribution in [1.29, 1.82) is 0 Å². The number of nitrogens with zero attached hydrogens (tertiary/aromatic N) is 2. The van der Waals surface area contributed by atoms with Crippen molar-refractivity contribution in [2.75, 3.05) is 39.1 Å². The van der Waals surface area contributed by atoms with E-state index in [9.17, 15) is 18.0 Å². The zero-order chi connectivity index (χ0) is 17.0. The molecule has 2 aliphatic rings. The highest BCUT2D eigenvalue weighted by molar-refractivity contribution is 7.89. The Morgan fingerprint density at radius 1 is 1.43 bits per heavy atom. The van der Waals surface area contributed by atoms with Crippen LogP contribution in [0, 0.1) is 0 Å². The molecule has 2 heterocycles. The molecule has 0 aromatic heterocycles. The van der Waals surface area contributed by atoms with E-state index < -0.39 is 16.1 Å². The summed E-state index contributed by atoms with van der Waals surface area (Å²) in [7, 11) is -2.04. The smallest absolute Gasteiger partial charge is 0.253 e. The first-order valence-electron chi connectivity index (χ1n) is 7.95. The van der Waals surface area contributed by atoms with Gasteiger partial charge >= 0.3 is 0 Å². The standard InChI is InChI=1S/C14H25N3O5S/c1-3-13(18)15-11-9-12-14(19)17(5-4-7-22-2)23(20,21)8-6-16(12)10-11/h11-12H,3-10H2,1-2H3,(H,15,18)/t11-,12-/m0/s1. The van der Waals surface area contributed by atoms with Gasteiger partial charge in [0, 0.05) is 45.8 Å². The van der Waals surface area contributed by atoms with Crippen molar-refractivity contribution in [1.82, 2.24) is 14.5 Å². The second kappa shape index (κ2) is 7.59. The van der Waals surface area contributed by atoms with Gasteiger partial charge in [0.1, 0.15) is 0 Å². The molecule has 132 valence electrons. The number of ether oxygens (including phenoxy) is 1. The van der Waals surface area contributed by atoms with Crippen LogP contribution in [0.25, 0.3) is 0 Å². The van der Waals surface area contributed by atoms with Crippen LogP contribution in [0.2, 0.25) is 0 Å². The highest BCUT2D eigenvalue weighted by Crippen LogP contribution is 2.24. The number of amides is 2. The average Bonchev–Trinajstić information content (AvgIpc) is 2.88. The molecule has 0 radical (unpaired) electrons. The maximum Gasteiger partial charge on any atom is 0.253 e. The van der Waals surface area contributed by atoms with E-state index in [1.165, 1.54) is 0 Å². The van der Waals surface area contributed by atoms with E-state index >= 15 is 0 Å². The molecule has 0 aromatic rings. The van der Waals surface area contributed by atoms with Gasteiger partial charge in [0.05, 0.1) is 11.8 Å². The predicted molar refractivity (Wildman–Crippen MR) is 84.2 cm³/mol. The quantitative estimate of drug-likeness (QED) is 0.630. The van der Waals surface area contributed by atoms with Crippen LogP contribution in [-0.4, -0.2) is 80.6 Å². The van der Waals surface area contributed by atoms with Crippen molar-refractivity contribution in [3.63, 3.8) is 0 Å². The van der Waals surface area contributed by atoms with E-state index in [0.29, 0.717) is 39.0 Å². The van der Waals surface area contributed by atoms with Gasteiger partial charge in [0.2, 0.25) is 15.9 Å². The summed E-state index contributed by atoms with van der Waals surface area (Å²) < 4.78 is 30.6. The van der Waals surface area contributed by atoms with Gasteiger partial charge in [-0.1, -0.05) is 6.92 Å². The normalized spacial score (nSPS) is 27.6. The summed E-state index contributed by atoms with van der Waals surface area (Å²) in [6.07, 6.45) is 1.33. The number of nitrogens with one attached hydrogen (secondary N) is 1. The molecule has 0 bridgehead atoms. The molecule has 0 saturated carbocycles. The van der Waals surface area contributed by atoms with Gasteiger partial charge in [-0.2, -0.15) is 0 Å². The Hall–Kier alpha value is -1.19. The van der Waals surface area contributed by atoms with E-state index in [-0.39, 0.29) is 30.2 Å². The molecular weight excluding hydrogens is 322 g/mol. The van der Waals surface area contributed by atoms with Gasteiger partial charge in [-0.05, 0) is 12.8 Å². The van der Waals surface area contributed by atoms with Gasteiger partial charge in [-0.3, -0.25) is 14.5 Å². The van der Waals surface area contributed by atoms with Crippen LogP contribution in [0.3, 0.4) is 0 Å². The lowest BCUT2D eigenvalue weighted by Gasteiger charge is -2.23. The Bertz CT molecular complexity index is 551. The number of methoxy groups -OCH3 is 1. The fourth-order valence-corrected chi connectivity index (χ4v) is 4.58. The van der Waals surface area contributed by atoms with Crippen LogP contribution in [0.4, 0.5) is 0 Å². The molecule has 2 atom stereocenters. The molecule has 9 heteroatoms. The van der Waals surface area contributed by atoms with Gasteiger partial charge in [0.15, 0.2) is 0 Å². The fourth-order valence-electron chi connectivity index (χ4n) is 3.09. The summed E-state index contributed by atoms with van der Waals surface area (Å²) >= 11 is 0. The Morgan fingerprint density at radius 2 is 2.17 bits per heavy atom. The summed E-state index contributed by atoms with van der Waals surface area (Å²) in [4.78, 5) is 26.1. The van der Waals surface area contributed by atoms with Gasteiger partial charge < -0.3 is 10.1 Å². The van der Waals surface area contributed by atoms with Crippen molar-refractivity contribution in [3.05, 3.63) is 0 Å². The molecule has 0 aliphatic carbocycles. The number of fused-ring (bicyclic) bond motifs is 1.